The number of hydrogen-bond acceptors (Lipinski definition) is 8. The summed E-state index contributed by atoms with van der Waals surface area (Å²) < 4.78 is 17.3. The third kappa shape index (κ3) is 5.15. The number of ether oxygens (including phenoxy) is 3. The van der Waals surface area contributed by atoms with E-state index in [0.29, 0.717) is 17.9 Å². The Labute approximate surface area is 162 Å². The van der Waals surface area contributed by atoms with Crippen LogP contribution in [0.15, 0.2) is 22.9 Å². The first-order valence-electron chi connectivity index (χ1n) is 8.92. The first kappa shape index (κ1) is 20.0. The van der Waals surface area contributed by atoms with Gasteiger partial charge < -0.3 is 19.3 Å². The molecule has 0 aromatic carbocycles. The lowest BCUT2D eigenvalue weighted by atomic mass is 10.1. The monoisotopic (exact) mass is 398 g/mol. The summed E-state index contributed by atoms with van der Waals surface area (Å²) in [4.78, 5) is 9.20. The molecule has 8 heteroatoms. The minimum absolute atomic E-state index is 0.142. The highest BCUT2D eigenvalue weighted by Gasteiger charge is 2.41. The van der Waals surface area contributed by atoms with E-state index >= 15 is 0 Å². The van der Waals surface area contributed by atoms with Gasteiger partial charge in [0, 0.05) is 19.2 Å². The highest BCUT2D eigenvalue weighted by Crippen LogP contribution is 2.38. The molecule has 3 rings (SSSR count). The Hall–Kier alpha value is -0.770. The molecule has 0 saturated carbocycles. The quantitative estimate of drug-likeness (QED) is 0.760. The van der Waals surface area contributed by atoms with Gasteiger partial charge in [-0.3, -0.25) is 0 Å². The highest BCUT2D eigenvalue weighted by molar-refractivity contribution is 7.98. The van der Waals surface area contributed by atoms with Gasteiger partial charge in [0.2, 0.25) is 5.79 Å². The molecule has 1 aromatic heterocycles. The maximum Gasteiger partial charge on any atom is 0.203 e. The van der Waals surface area contributed by atoms with Crippen LogP contribution in [0, 0.1) is 6.92 Å². The summed E-state index contributed by atoms with van der Waals surface area (Å²) >= 11 is 3.00. The number of nitrogens with zero attached hydrogens (tertiary/aromatic N) is 2. The van der Waals surface area contributed by atoms with Crippen molar-refractivity contribution < 1.29 is 19.3 Å². The van der Waals surface area contributed by atoms with E-state index < -0.39 is 5.79 Å². The van der Waals surface area contributed by atoms with Crippen molar-refractivity contribution in [2.45, 2.75) is 62.2 Å². The topological polar surface area (TPSA) is 73.7 Å². The molecule has 3 heterocycles. The second-order valence-electron chi connectivity index (χ2n) is 6.51. The zero-order valence-electron chi connectivity index (χ0n) is 15.2. The number of thioether (sulfide) groups is 1. The molecule has 2 aliphatic rings. The van der Waals surface area contributed by atoms with E-state index in [0.717, 1.165) is 42.9 Å². The number of aromatic nitrogens is 2. The first-order valence-corrected chi connectivity index (χ1v) is 11.0. The van der Waals surface area contributed by atoms with Gasteiger partial charge in [-0.05, 0) is 49.8 Å². The second kappa shape index (κ2) is 9.43. The summed E-state index contributed by atoms with van der Waals surface area (Å²) in [7, 11) is 0. The molecule has 0 bridgehead atoms. The fourth-order valence-corrected chi connectivity index (χ4v) is 4.51. The van der Waals surface area contributed by atoms with Crippen LogP contribution in [-0.2, 0) is 20.0 Å². The van der Waals surface area contributed by atoms with Crippen molar-refractivity contribution in [3.8, 4) is 0 Å². The predicted octanol–water partition coefficient (Wildman–Crippen LogP) is 3.56. The Balaban J connectivity index is 1.67. The lowest BCUT2D eigenvalue weighted by Gasteiger charge is -2.25. The van der Waals surface area contributed by atoms with Crippen molar-refractivity contribution in [2.75, 3.05) is 19.5 Å². The number of hydrogen-bond donors (Lipinski definition) is 1. The Morgan fingerprint density at radius 2 is 2.31 bits per heavy atom. The second-order valence-corrected chi connectivity index (χ2v) is 8.21. The van der Waals surface area contributed by atoms with Crippen molar-refractivity contribution in [1.29, 1.82) is 0 Å². The average Bonchev–Trinajstić information content (AvgIpc) is 3.08. The predicted molar refractivity (Wildman–Crippen MR) is 102 cm³/mol. The Morgan fingerprint density at radius 3 is 3.08 bits per heavy atom. The van der Waals surface area contributed by atoms with E-state index in [1.165, 1.54) is 17.7 Å². The molecule has 0 aliphatic carbocycles. The van der Waals surface area contributed by atoms with Gasteiger partial charge in [0.15, 0.2) is 6.29 Å². The minimum atomic E-state index is -1.33. The summed E-state index contributed by atoms with van der Waals surface area (Å²) in [5.74, 6) is -1.33. The minimum Gasteiger partial charge on any atom is -0.361 e. The fraction of sp³-hybridized carbons (Fsp3) is 0.667. The first-order chi connectivity index (χ1) is 12.6. The number of aryl methyl sites for hydroxylation is 1. The number of rotatable bonds is 5. The SMILES string of the molecule is CSc1ncncc(C2(O)CCC(COC3CCCCO3)O2)scc1C. The molecule has 3 atom stereocenters. The molecule has 3 unspecified atom stereocenters. The standard InChI is InChI=1S/C18H26N2O4S2/c1-13-11-26-15(9-19-12-20-17(13)25-2)18(21)7-6-14(24-18)10-23-16-5-3-4-8-22-16/h9,11-12,14,16,21H,3-8,10H2,1-2H3. The summed E-state index contributed by atoms with van der Waals surface area (Å²) in [5, 5.41) is 13.9. The van der Waals surface area contributed by atoms with Crippen molar-refractivity contribution in [3.63, 3.8) is 0 Å². The summed E-state index contributed by atoms with van der Waals surface area (Å²) in [6, 6.07) is 0. The molecule has 0 radical (unpaired) electrons. The van der Waals surface area contributed by atoms with Gasteiger partial charge in [-0.1, -0.05) is 0 Å². The van der Waals surface area contributed by atoms with Crippen LogP contribution >= 0.6 is 23.1 Å². The van der Waals surface area contributed by atoms with E-state index in [9.17, 15) is 5.11 Å². The molecule has 1 aromatic rings. The molecule has 144 valence electrons. The van der Waals surface area contributed by atoms with Gasteiger partial charge in [-0.2, -0.15) is 0 Å². The molecule has 2 saturated heterocycles. The molecule has 6 nitrogen and oxygen atoms in total. The normalized spacial score (nSPS) is 28.7. The van der Waals surface area contributed by atoms with E-state index in [4.69, 9.17) is 14.2 Å². The van der Waals surface area contributed by atoms with Crippen molar-refractivity contribution in [3.05, 3.63) is 28.3 Å². The third-order valence-corrected chi connectivity index (χ3v) is 6.45. The average molecular weight is 399 g/mol. The van der Waals surface area contributed by atoms with E-state index in [1.54, 1.807) is 18.0 Å². The van der Waals surface area contributed by atoms with E-state index in [1.807, 2.05) is 18.6 Å². The Morgan fingerprint density at radius 1 is 1.42 bits per heavy atom. The van der Waals surface area contributed by atoms with Crippen molar-refractivity contribution in [2.24, 2.45) is 0 Å². The third-order valence-electron chi connectivity index (χ3n) is 4.48. The molecule has 0 amide bonds. The number of aliphatic hydroxyl groups is 1. The van der Waals surface area contributed by atoms with Crippen LogP contribution in [0.2, 0.25) is 0 Å². The lowest BCUT2D eigenvalue weighted by Crippen LogP contribution is -2.29. The van der Waals surface area contributed by atoms with Crippen LogP contribution in [0.25, 0.3) is 0 Å². The van der Waals surface area contributed by atoms with Gasteiger partial charge >= 0.3 is 0 Å². The fourth-order valence-electron chi connectivity index (χ4n) is 3.03. The molecule has 26 heavy (non-hydrogen) atoms. The molecular formula is C18H26N2O4S2. The summed E-state index contributed by atoms with van der Waals surface area (Å²) in [6.07, 6.45) is 9.24. The maximum absolute atomic E-state index is 11.0. The van der Waals surface area contributed by atoms with Gasteiger partial charge in [-0.15, -0.1) is 23.1 Å². The Kier molecular flexibility index (Phi) is 7.25. The van der Waals surface area contributed by atoms with Crippen molar-refractivity contribution >= 4 is 23.1 Å². The van der Waals surface area contributed by atoms with Gasteiger partial charge in [0.1, 0.15) is 11.4 Å². The lowest BCUT2D eigenvalue weighted by molar-refractivity contribution is -0.226. The van der Waals surface area contributed by atoms with E-state index in [-0.39, 0.29) is 12.4 Å². The van der Waals surface area contributed by atoms with Gasteiger partial charge in [0.25, 0.3) is 0 Å². The smallest absolute Gasteiger partial charge is 0.203 e. The van der Waals surface area contributed by atoms with Crippen LogP contribution in [0.4, 0.5) is 0 Å². The molecule has 2 aliphatic heterocycles. The van der Waals surface area contributed by atoms with Crippen LogP contribution in [0.3, 0.4) is 0 Å². The van der Waals surface area contributed by atoms with Gasteiger partial charge in [-0.25, -0.2) is 9.97 Å². The zero-order valence-corrected chi connectivity index (χ0v) is 16.9. The van der Waals surface area contributed by atoms with E-state index in [2.05, 4.69) is 9.97 Å². The van der Waals surface area contributed by atoms with Crippen LogP contribution in [0.5, 0.6) is 0 Å². The molecule has 0 spiro atoms. The maximum atomic E-state index is 11.0. The Bertz CT molecular complexity index is 650. The van der Waals surface area contributed by atoms with Crippen LogP contribution < -0.4 is 0 Å². The highest BCUT2D eigenvalue weighted by atomic mass is 32.2. The van der Waals surface area contributed by atoms with Crippen LogP contribution in [-0.4, -0.2) is 46.9 Å². The molecule has 2 fully saturated rings. The largest absolute Gasteiger partial charge is 0.361 e. The van der Waals surface area contributed by atoms with Crippen molar-refractivity contribution in [1.82, 2.24) is 9.97 Å². The van der Waals surface area contributed by atoms with Crippen LogP contribution in [0.1, 0.15) is 42.5 Å². The summed E-state index contributed by atoms with van der Waals surface area (Å²) in [5.41, 5.74) is 1.04. The summed E-state index contributed by atoms with van der Waals surface area (Å²) in [6.45, 7) is 3.19. The molecule has 1 N–H and O–H groups in total. The zero-order chi connectivity index (χ0) is 18.4. The van der Waals surface area contributed by atoms with Gasteiger partial charge in [0.05, 0.1) is 17.6 Å². The molecular weight excluding hydrogens is 372 g/mol.